The van der Waals surface area contributed by atoms with Gasteiger partial charge in [0.2, 0.25) is 0 Å². The van der Waals surface area contributed by atoms with Gasteiger partial charge < -0.3 is 9.72 Å². The lowest BCUT2D eigenvalue weighted by molar-refractivity contribution is -0.0378. The SMILES string of the molecule is Cc1ccc2cnc(C(=O)NC3C4CCN(CC4)C3(C)C)cn12. The maximum absolute atomic E-state index is 12.7. The molecule has 3 aliphatic rings. The number of amides is 1. The second-order valence-corrected chi connectivity index (χ2v) is 7.47. The van der Waals surface area contributed by atoms with E-state index in [1.165, 1.54) is 12.8 Å². The standard InChI is InChI=1S/C18H24N4O/c1-12-4-5-14-10-19-15(11-22(12)14)17(23)20-16-13-6-8-21(9-7-13)18(16,2)3/h4-5,10-11,13,16H,6-9H2,1-3H3,(H,20,23). The fourth-order valence-electron chi connectivity index (χ4n) is 4.35. The van der Waals surface area contributed by atoms with Crippen LogP contribution in [-0.2, 0) is 0 Å². The third-order valence-corrected chi connectivity index (χ3v) is 5.85. The number of aryl methyl sites for hydroxylation is 1. The van der Waals surface area contributed by atoms with E-state index in [9.17, 15) is 4.79 Å². The predicted octanol–water partition coefficient (Wildman–Crippen LogP) is 2.25. The van der Waals surface area contributed by atoms with E-state index in [1.54, 1.807) is 6.20 Å². The molecular formula is C18H24N4O. The first-order valence-electron chi connectivity index (χ1n) is 8.46. The molecule has 2 aromatic heterocycles. The van der Waals surface area contributed by atoms with Crippen molar-refractivity contribution in [1.82, 2.24) is 19.6 Å². The number of hydrogen-bond donors (Lipinski definition) is 1. The van der Waals surface area contributed by atoms with Crippen LogP contribution >= 0.6 is 0 Å². The highest BCUT2D eigenvalue weighted by Gasteiger charge is 2.48. The van der Waals surface area contributed by atoms with Crippen LogP contribution in [0.3, 0.4) is 0 Å². The molecule has 1 amide bonds. The molecule has 2 bridgehead atoms. The number of nitrogens with zero attached hydrogens (tertiary/aromatic N) is 3. The third kappa shape index (κ3) is 2.26. The van der Waals surface area contributed by atoms with Gasteiger partial charge in [-0.25, -0.2) is 4.98 Å². The smallest absolute Gasteiger partial charge is 0.271 e. The van der Waals surface area contributed by atoms with E-state index in [2.05, 4.69) is 29.0 Å². The molecule has 0 radical (unpaired) electrons. The van der Waals surface area contributed by atoms with Crippen molar-refractivity contribution in [1.29, 1.82) is 0 Å². The van der Waals surface area contributed by atoms with Crippen molar-refractivity contribution in [2.75, 3.05) is 13.1 Å². The van der Waals surface area contributed by atoms with Crippen LogP contribution < -0.4 is 5.32 Å². The molecule has 0 spiro atoms. The summed E-state index contributed by atoms with van der Waals surface area (Å²) >= 11 is 0. The monoisotopic (exact) mass is 312 g/mol. The molecule has 5 heterocycles. The zero-order valence-corrected chi connectivity index (χ0v) is 14.0. The molecule has 1 N–H and O–H groups in total. The van der Waals surface area contributed by atoms with E-state index in [4.69, 9.17) is 0 Å². The maximum Gasteiger partial charge on any atom is 0.271 e. The van der Waals surface area contributed by atoms with E-state index in [1.807, 2.05) is 29.7 Å². The van der Waals surface area contributed by atoms with Crippen molar-refractivity contribution in [2.24, 2.45) is 5.92 Å². The van der Waals surface area contributed by atoms with Crippen LogP contribution in [0.4, 0.5) is 0 Å². The lowest BCUT2D eigenvalue weighted by atomic mass is 9.72. The highest BCUT2D eigenvalue weighted by molar-refractivity contribution is 5.92. The van der Waals surface area contributed by atoms with Gasteiger partial charge in [-0.15, -0.1) is 0 Å². The quantitative estimate of drug-likeness (QED) is 0.925. The molecule has 0 aliphatic carbocycles. The summed E-state index contributed by atoms with van der Waals surface area (Å²) in [5, 5.41) is 3.28. The average molecular weight is 312 g/mol. The Labute approximate surface area is 136 Å². The van der Waals surface area contributed by atoms with Gasteiger partial charge in [0.15, 0.2) is 0 Å². The van der Waals surface area contributed by atoms with Gasteiger partial charge >= 0.3 is 0 Å². The molecule has 1 unspecified atom stereocenters. The van der Waals surface area contributed by atoms with E-state index in [0.29, 0.717) is 11.6 Å². The molecule has 122 valence electrons. The lowest BCUT2D eigenvalue weighted by Crippen LogP contribution is -2.69. The molecule has 2 aromatic rings. The summed E-state index contributed by atoms with van der Waals surface area (Å²) in [7, 11) is 0. The number of rotatable bonds is 2. The summed E-state index contributed by atoms with van der Waals surface area (Å²) in [6.45, 7) is 8.82. The number of fused-ring (bicyclic) bond motifs is 4. The molecule has 3 fully saturated rings. The van der Waals surface area contributed by atoms with Gasteiger partial charge in [0.25, 0.3) is 5.91 Å². The number of carbonyl (C=O) groups excluding carboxylic acids is 1. The molecule has 1 atom stereocenters. The van der Waals surface area contributed by atoms with Crippen molar-refractivity contribution in [3.63, 3.8) is 0 Å². The number of carbonyl (C=O) groups is 1. The van der Waals surface area contributed by atoms with E-state index in [-0.39, 0.29) is 17.5 Å². The Morgan fingerprint density at radius 3 is 2.74 bits per heavy atom. The summed E-state index contributed by atoms with van der Waals surface area (Å²) < 4.78 is 2.02. The normalized spacial score (nSPS) is 28.9. The minimum absolute atomic E-state index is 0.0181. The lowest BCUT2D eigenvalue weighted by Gasteiger charge is -2.56. The highest BCUT2D eigenvalue weighted by Crippen LogP contribution is 2.39. The fourth-order valence-corrected chi connectivity index (χ4v) is 4.35. The van der Waals surface area contributed by atoms with Gasteiger partial charge in [-0.3, -0.25) is 9.69 Å². The first kappa shape index (κ1) is 14.7. The van der Waals surface area contributed by atoms with Crippen molar-refractivity contribution < 1.29 is 4.79 Å². The third-order valence-electron chi connectivity index (χ3n) is 5.85. The maximum atomic E-state index is 12.7. The number of piperidine rings is 3. The Hall–Kier alpha value is -1.88. The Bertz CT molecular complexity index is 755. The van der Waals surface area contributed by atoms with Crippen LogP contribution in [0.15, 0.2) is 24.5 Å². The zero-order valence-electron chi connectivity index (χ0n) is 14.0. The minimum atomic E-state index is -0.0631. The van der Waals surface area contributed by atoms with Crippen LogP contribution in [0.2, 0.25) is 0 Å². The molecule has 5 heteroatoms. The van der Waals surface area contributed by atoms with Crippen LogP contribution in [0.1, 0.15) is 42.9 Å². The first-order valence-corrected chi connectivity index (χ1v) is 8.46. The summed E-state index contributed by atoms with van der Waals surface area (Å²) in [5.41, 5.74) is 2.63. The van der Waals surface area contributed by atoms with Gasteiger partial charge in [-0.2, -0.15) is 0 Å². The van der Waals surface area contributed by atoms with Gasteiger partial charge in [-0.1, -0.05) is 0 Å². The molecule has 23 heavy (non-hydrogen) atoms. The number of nitrogens with one attached hydrogen (secondary N) is 1. The van der Waals surface area contributed by atoms with Crippen LogP contribution in [0, 0.1) is 12.8 Å². The van der Waals surface area contributed by atoms with Crippen molar-refractivity contribution in [2.45, 2.75) is 45.2 Å². The van der Waals surface area contributed by atoms with Crippen molar-refractivity contribution in [3.8, 4) is 0 Å². The van der Waals surface area contributed by atoms with Gasteiger partial charge in [0.1, 0.15) is 5.69 Å². The van der Waals surface area contributed by atoms with Gasteiger partial charge in [0.05, 0.1) is 11.7 Å². The largest absolute Gasteiger partial charge is 0.346 e. The second-order valence-electron chi connectivity index (χ2n) is 7.47. The second kappa shape index (κ2) is 5.06. The van der Waals surface area contributed by atoms with Crippen LogP contribution in [0.5, 0.6) is 0 Å². The van der Waals surface area contributed by atoms with Crippen molar-refractivity contribution >= 4 is 11.4 Å². The number of hydrogen-bond acceptors (Lipinski definition) is 3. The highest BCUT2D eigenvalue weighted by atomic mass is 16.2. The van der Waals surface area contributed by atoms with E-state index < -0.39 is 0 Å². The first-order chi connectivity index (χ1) is 11.0. The topological polar surface area (TPSA) is 49.6 Å². The predicted molar refractivity (Wildman–Crippen MR) is 89.6 cm³/mol. The fraction of sp³-hybridized carbons (Fsp3) is 0.556. The average Bonchev–Trinajstić information content (AvgIpc) is 2.92. The minimum Gasteiger partial charge on any atom is -0.346 e. The molecular weight excluding hydrogens is 288 g/mol. The van der Waals surface area contributed by atoms with E-state index >= 15 is 0 Å². The van der Waals surface area contributed by atoms with Gasteiger partial charge in [0, 0.05) is 23.5 Å². The molecule has 3 saturated heterocycles. The summed E-state index contributed by atoms with van der Waals surface area (Å²) in [6.07, 6.45) is 5.97. The Balaban J connectivity index is 1.60. The number of aromatic nitrogens is 2. The Kier molecular flexibility index (Phi) is 3.23. The Morgan fingerprint density at radius 1 is 1.30 bits per heavy atom. The van der Waals surface area contributed by atoms with Crippen LogP contribution in [0.25, 0.3) is 5.52 Å². The van der Waals surface area contributed by atoms with Gasteiger partial charge in [-0.05, 0) is 64.8 Å². The van der Waals surface area contributed by atoms with Crippen molar-refractivity contribution in [3.05, 3.63) is 35.9 Å². The summed E-state index contributed by atoms with van der Waals surface area (Å²) in [5.74, 6) is 0.517. The molecule has 3 aliphatic heterocycles. The Morgan fingerprint density at radius 2 is 2.04 bits per heavy atom. The molecule has 5 nitrogen and oxygen atoms in total. The molecule has 0 aromatic carbocycles. The zero-order chi connectivity index (χ0) is 16.2. The summed E-state index contributed by atoms with van der Waals surface area (Å²) in [6, 6.07) is 4.25. The summed E-state index contributed by atoms with van der Waals surface area (Å²) in [4.78, 5) is 19.6. The molecule has 0 saturated carbocycles. The molecule has 5 rings (SSSR count). The van der Waals surface area contributed by atoms with Crippen LogP contribution in [-0.4, -0.2) is 44.9 Å². The van der Waals surface area contributed by atoms with E-state index in [0.717, 1.165) is 24.3 Å².